The van der Waals surface area contributed by atoms with Crippen molar-refractivity contribution in [3.8, 4) is 23.0 Å². The van der Waals surface area contributed by atoms with Gasteiger partial charge in [-0.2, -0.15) is 5.10 Å². The summed E-state index contributed by atoms with van der Waals surface area (Å²) < 4.78 is 6.33. The SMILES string of the molecule is COc1ccc(-n2nc(C(=O)[O-])cc2-c2cc(C(N)=O)ccn2)cn1.[Li+]. The number of hydrogen-bond acceptors (Lipinski definition) is 7. The molecule has 0 atom stereocenters. The zero-order valence-electron chi connectivity index (χ0n) is 14.0. The Balaban J connectivity index is 0.00000243. The van der Waals surface area contributed by atoms with Crippen LogP contribution in [0.1, 0.15) is 20.8 Å². The molecule has 3 aromatic heterocycles. The molecule has 1 amide bonds. The van der Waals surface area contributed by atoms with Gasteiger partial charge in [-0.3, -0.25) is 9.78 Å². The molecule has 9 nitrogen and oxygen atoms in total. The van der Waals surface area contributed by atoms with E-state index in [1.807, 2.05) is 0 Å². The first-order valence-electron chi connectivity index (χ1n) is 7.07. The quantitative estimate of drug-likeness (QED) is 0.481. The topological polar surface area (TPSA) is 136 Å². The smallest absolute Gasteiger partial charge is 0.543 e. The summed E-state index contributed by atoms with van der Waals surface area (Å²) in [5.74, 6) is -1.67. The van der Waals surface area contributed by atoms with Crippen molar-refractivity contribution < 1.29 is 38.3 Å². The van der Waals surface area contributed by atoms with Gasteiger partial charge in [-0.1, -0.05) is 0 Å². The summed E-state index contributed by atoms with van der Waals surface area (Å²) in [6, 6.07) is 7.46. The van der Waals surface area contributed by atoms with E-state index in [-0.39, 0.29) is 30.1 Å². The minimum atomic E-state index is -1.44. The number of hydrogen-bond donors (Lipinski definition) is 1. The van der Waals surface area contributed by atoms with Crippen molar-refractivity contribution in [1.82, 2.24) is 19.7 Å². The van der Waals surface area contributed by atoms with Gasteiger partial charge in [0.15, 0.2) is 0 Å². The number of carboxylic acids is 1. The van der Waals surface area contributed by atoms with Gasteiger partial charge >= 0.3 is 18.9 Å². The molecule has 3 heterocycles. The molecule has 126 valence electrons. The molecule has 10 heteroatoms. The predicted octanol–water partition coefficient (Wildman–Crippen LogP) is -3.20. The van der Waals surface area contributed by atoms with Crippen LogP contribution in [-0.2, 0) is 0 Å². The number of nitrogens with two attached hydrogens (primary N) is 1. The van der Waals surface area contributed by atoms with Crippen molar-refractivity contribution in [3.63, 3.8) is 0 Å². The van der Waals surface area contributed by atoms with Crippen molar-refractivity contribution >= 4 is 11.9 Å². The Morgan fingerprint density at radius 2 is 1.96 bits per heavy atom. The number of ether oxygens (including phenoxy) is 1. The second-order valence-electron chi connectivity index (χ2n) is 4.97. The van der Waals surface area contributed by atoms with Crippen molar-refractivity contribution in [2.24, 2.45) is 5.73 Å². The Morgan fingerprint density at radius 3 is 2.54 bits per heavy atom. The summed E-state index contributed by atoms with van der Waals surface area (Å²) in [5.41, 5.74) is 6.38. The first-order chi connectivity index (χ1) is 12.0. The number of carbonyl (C=O) groups excluding carboxylic acids is 2. The van der Waals surface area contributed by atoms with E-state index < -0.39 is 11.9 Å². The molecule has 0 spiro atoms. The second kappa shape index (κ2) is 7.82. The molecule has 0 aliphatic rings. The molecular formula is C16H12LiN5O4. The number of nitrogens with zero attached hydrogens (tertiary/aromatic N) is 4. The van der Waals surface area contributed by atoms with Gasteiger partial charge < -0.3 is 20.4 Å². The molecule has 0 saturated heterocycles. The third-order valence-electron chi connectivity index (χ3n) is 3.40. The van der Waals surface area contributed by atoms with E-state index in [0.717, 1.165) is 0 Å². The second-order valence-corrected chi connectivity index (χ2v) is 4.97. The molecule has 0 aromatic carbocycles. The van der Waals surface area contributed by atoms with E-state index in [2.05, 4.69) is 15.1 Å². The van der Waals surface area contributed by atoms with Crippen LogP contribution in [0.25, 0.3) is 17.1 Å². The predicted molar refractivity (Wildman–Crippen MR) is 84.0 cm³/mol. The van der Waals surface area contributed by atoms with Crippen molar-refractivity contribution in [2.75, 3.05) is 7.11 Å². The van der Waals surface area contributed by atoms with Crippen LogP contribution in [-0.4, -0.2) is 38.7 Å². The number of carboxylic acid groups (broad SMARTS) is 1. The molecule has 26 heavy (non-hydrogen) atoms. The van der Waals surface area contributed by atoms with Gasteiger partial charge in [-0.05, 0) is 24.3 Å². The Hall–Kier alpha value is -3.15. The molecule has 0 saturated carbocycles. The summed E-state index contributed by atoms with van der Waals surface area (Å²) >= 11 is 0. The van der Waals surface area contributed by atoms with Crippen LogP contribution in [0.3, 0.4) is 0 Å². The van der Waals surface area contributed by atoms with Crippen LogP contribution in [0.4, 0.5) is 0 Å². The van der Waals surface area contributed by atoms with Gasteiger partial charge in [0.25, 0.3) is 0 Å². The summed E-state index contributed by atoms with van der Waals surface area (Å²) in [5, 5.41) is 15.2. The van der Waals surface area contributed by atoms with Gasteiger partial charge in [0.2, 0.25) is 11.8 Å². The Labute approximate surface area is 160 Å². The minimum Gasteiger partial charge on any atom is -0.543 e. The number of aromatic carboxylic acids is 1. The van der Waals surface area contributed by atoms with Crippen molar-refractivity contribution in [3.05, 3.63) is 54.0 Å². The van der Waals surface area contributed by atoms with E-state index in [4.69, 9.17) is 10.5 Å². The zero-order chi connectivity index (χ0) is 18.0. The maximum atomic E-state index is 11.4. The monoisotopic (exact) mass is 345 g/mol. The molecule has 0 bridgehead atoms. The maximum absolute atomic E-state index is 11.4. The molecule has 2 N–H and O–H groups in total. The largest absolute Gasteiger partial charge is 1.00 e. The van der Waals surface area contributed by atoms with Crippen LogP contribution in [0.15, 0.2) is 42.7 Å². The molecular weight excluding hydrogens is 333 g/mol. The summed E-state index contributed by atoms with van der Waals surface area (Å²) in [6.07, 6.45) is 2.87. The fourth-order valence-electron chi connectivity index (χ4n) is 2.20. The number of aromatic nitrogens is 4. The molecule has 3 aromatic rings. The maximum Gasteiger partial charge on any atom is 1.00 e. The summed E-state index contributed by atoms with van der Waals surface area (Å²) in [7, 11) is 1.48. The number of primary amides is 1. The van der Waals surface area contributed by atoms with Gasteiger partial charge in [-0.25, -0.2) is 9.67 Å². The first kappa shape index (κ1) is 19.2. The molecule has 0 aliphatic heterocycles. The Morgan fingerprint density at radius 1 is 1.19 bits per heavy atom. The third kappa shape index (κ3) is 3.74. The Kier molecular flexibility index (Phi) is 5.77. The number of rotatable bonds is 5. The normalized spacial score (nSPS) is 10.0. The van der Waals surface area contributed by atoms with Crippen LogP contribution < -0.4 is 34.4 Å². The van der Waals surface area contributed by atoms with Gasteiger partial charge in [0.05, 0.1) is 36.4 Å². The molecule has 0 fully saturated rings. The van der Waals surface area contributed by atoms with E-state index in [0.29, 0.717) is 23.0 Å². The van der Waals surface area contributed by atoms with E-state index in [9.17, 15) is 14.7 Å². The van der Waals surface area contributed by atoms with Crippen LogP contribution in [0.5, 0.6) is 5.88 Å². The molecule has 0 aliphatic carbocycles. The number of pyridine rings is 2. The van der Waals surface area contributed by atoms with Gasteiger partial charge in [0, 0.05) is 17.8 Å². The van der Waals surface area contributed by atoms with Crippen molar-refractivity contribution in [2.45, 2.75) is 0 Å². The minimum absolute atomic E-state index is 0. The standard InChI is InChI=1S/C16H13N5O4.Li/c1-25-14-3-2-10(8-19-14)21-13(7-12(20-21)16(23)24)11-6-9(15(17)22)4-5-18-11;/h2-8H,1H3,(H2,17,22)(H,23,24);/q;+1/p-1. The Bertz CT molecular complexity index is 956. The summed E-state index contributed by atoms with van der Waals surface area (Å²) in [4.78, 5) is 30.8. The van der Waals surface area contributed by atoms with Crippen LogP contribution in [0.2, 0.25) is 0 Å². The van der Waals surface area contributed by atoms with Gasteiger partial charge in [0.1, 0.15) is 5.69 Å². The van der Waals surface area contributed by atoms with E-state index in [1.54, 1.807) is 12.1 Å². The van der Waals surface area contributed by atoms with Crippen molar-refractivity contribution in [1.29, 1.82) is 0 Å². The van der Waals surface area contributed by atoms with Crippen LogP contribution in [0, 0.1) is 0 Å². The number of amides is 1. The molecule has 3 rings (SSSR count). The van der Waals surface area contributed by atoms with Gasteiger partial charge in [-0.15, -0.1) is 0 Å². The zero-order valence-corrected chi connectivity index (χ0v) is 14.0. The average Bonchev–Trinajstić information content (AvgIpc) is 3.07. The van der Waals surface area contributed by atoms with Crippen LogP contribution >= 0.6 is 0 Å². The summed E-state index contributed by atoms with van der Waals surface area (Å²) in [6.45, 7) is 0. The third-order valence-corrected chi connectivity index (χ3v) is 3.40. The first-order valence-corrected chi connectivity index (χ1v) is 7.07. The fourth-order valence-corrected chi connectivity index (χ4v) is 2.20. The fraction of sp³-hybridized carbons (Fsp3) is 0.0625. The number of methoxy groups -OCH3 is 1. The molecule has 0 radical (unpaired) electrons. The number of carbonyl (C=O) groups is 2. The molecule has 0 unspecified atom stereocenters. The average molecular weight is 345 g/mol. The van der Waals surface area contributed by atoms with E-state index >= 15 is 0 Å². The van der Waals surface area contributed by atoms with E-state index in [1.165, 1.54) is 42.4 Å².